The summed E-state index contributed by atoms with van der Waals surface area (Å²) in [6.07, 6.45) is 0. The minimum Gasteiger partial charge on any atom is -0.354 e. The normalized spacial score (nSPS) is 12.2. The van der Waals surface area contributed by atoms with Crippen LogP contribution in [0.1, 0.15) is 24.0 Å². The summed E-state index contributed by atoms with van der Waals surface area (Å²) >= 11 is 0. The number of hydrogen-bond donors (Lipinski definition) is 1. The minimum absolute atomic E-state index is 0.0629. The lowest BCUT2D eigenvalue weighted by atomic mass is 10.0. The van der Waals surface area contributed by atoms with E-state index in [1.165, 1.54) is 36.4 Å². The molecule has 0 bridgehead atoms. The molecule has 0 fully saturated rings. The molecule has 31 heavy (non-hydrogen) atoms. The highest BCUT2D eigenvalue weighted by Crippen LogP contribution is 2.24. The SMILES string of the molecule is Cc1ccc(S(=O)(=O)N(CC(=O)NC[C@H](C)c2ccccc2)c2ccc(F)cc2)cc1. The number of anilines is 1. The summed E-state index contributed by atoms with van der Waals surface area (Å²) in [6, 6.07) is 21.1. The number of nitrogens with one attached hydrogen (secondary N) is 1. The third-order valence-electron chi connectivity index (χ3n) is 4.98. The summed E-state index contributed by atoms with van der Waals surface area (Å²) in [5, 5.41) is 2.81. The molecule has 1 N–H and O–H groups in total. The number of halogens is 1. The second-order valence-corrected chi connectivity index (χ2v) is 9.28. The lowest BCUT2D eigenvalue weighted by Crippen LogP contribution is -2.41. The first kappa shape index (κ1) is 22.5. The standard InChI is InChI=1S/C24H25FN2O3S/c1-18-8-14-23(15-9-18)31(29,30)27(22-12-10-21(25)11-13-22)17-24(28)26-16-19(2)20-6-4-3-5-7-20/h3-15,19H,16-17H2,1-2H3,(H,26,28)/t19-/m0/s1. The largest absolute Gasteiger partial charge is 0.354 e. The van der Waals surface area contributed by atoms with Gasteiger partial charge in [-0.2, -0.15) is 0 Å². The number of carbonyl (C=O) groups excluding carboxylic acids is 1. The van der Waals surface area contributed by atoms with Gasteiger partial charge in [0, 0.05) is 6.54 Å². The third-order valence-corrected chi connectivity index (χ3v) is 6.77. The maximum atomic E-state index is 13.4. The molecule has 0 aromatic heterocycles. The van der Waals surface area contributed by atoms with Crippen molar-refractivity contribution in [1.29, 1.82) is 0 Å². The molecule has 0 spiro atoms. The number of carbonyl (C=O) groups is 1. The van der Waals surface area contributed by atoms with E-state index in [2.05, 4.69) is 5.32 Å². The smallest absolute Gasteiger partial charge is 0.264 e. The van der Waals surface area contributed by atoms with Gasteiger partial charge >= 0.3 is 0 Å². The lowest BCUT2D eigenvalue weighted by molar-refractivity contribution is -0.119. The van der Waals surface area contributed by atoms with Crippen molar-refractivity contribution >= 4 is 21.6 Å². The zero-order chi connectivity index (χ0) is 22.4. The Labute approximate surface area is 182 Å². The van der Waals surface area contributed by atoms with E-state index in [4.69, 9.17) is 0 Å². The Morgan fingerprint density at radius 1 is 0.968 bits per heavy atom. The molecule has 3 aromatic carbocycles. The molecule has 5 nitrogen and oxygen atoms in total. The molecule has 0 saturated heterocycles. The number of benzene rings is 3. The number of hydrogen-bond acceptors (Lipinski definition) is 3. The van der Waals surface area contributed by atoms with E-state index in [0.717, 1.165) is 15.4 Å². The first-order chi connectivity index (χ1) is 14.8. The molecule has 0 saturated carbocycles. The Kier molecular flexibility index (Phi) is 7.07. The van der Waals surface area contributed by atoms with Crippen molar-refractivity contribution in [3.63, 3.8) is 0 Å². The Morgan fingerprint density at radius 3 is 2.19 bits per heavy atom. The third kappa shape index (κ3) is 5.70. The number of rotatable bonds is 8. The fourth-order valence-corrected chi connectivity index (χ4v) is 4.53. The summed E-state index contributed by atoms with van der Waals surface area (Å²) < 4.78 is 41.0. The molecule has 0 unspecified atom stereocenters. The highest BCUT2D eigenvalue weighted by molar-refractivity contribution is 7.92. The van der Waals surface area contributed by atoms with Crippen LogP contribution in [-0.4, -0.2) is 27.4 Å². The molecule has 0 aliphatic carbocycles. The molecular formula is C24H25FN2O3S. The van der Waals surface area contributed by atoms with Gasteiger partial charge in [-0.15, -0.1) is 0 Å². The average molecular weight is 441 g/mol. The lowest BCUT2D eigenvalue weighted by Gasteiger charge is -2.24. The summed E-state index contributed by atoms with van der Waals surface area (Å²) in [7, 11) is -4.02. The van der Waals surface area contributed by atoms with Crippen LogP contribution < -0.4 is 9.62 Å². The van der Waals surface area contributed by atoms with Crippen LogP contribution in [0, 0.1) is 12.7 Å². The molecule has 0 radical (unpaired) electrons. The van der Waals surface area contributed by atoms with Crippen molar-refractivity contribution in [2.45, 2.75) is 24.7 Å². The molecule has 162 valence electrons. The maximum Gasteiger partial charge on any atom is 0.264 e. The van der Waals surface area contributed by atoms with Gasteiger partial charge in [-0.1, -0.05) is 55.0 Å². The van der Waals surface area contributed by atoms with E-state index in [0.29, 0.717) is 6.54 Å². The van der Waals surface area contributed by atoms with Crippen LogP contribution in [0.4, 0.5) is 10.1 Å². The topological polar surface area (TPSA) is 66.5 Å². The van der Waals surface area contributed by atoms with Gasteiger partial charge in [-0.05, 0) is 54.8 Å². The summed E-state index contributed by atoms with van der Waals surface area (Å²) in [5.41, 5.74) is 2.21. The average Bonchev–Trinajstić information content (AvgIpc) is 2.77. The van der Waals surface area contributed by atoms with Crippen molar-refractivity contribution in [1.82, 2.24) is 5.32 Å². The molecular weight excluding hydrogens is 415 g/mol. The second-order valence-electron chi connectivity index (χ2n) is 7.42. The number of nitrogens with zero attached hydrogens (tertiary/aromatic N) is 1. The van der Waals surface area contributed by atoms with E-state index >= 15 is 0 Å². The molecule has 1 atom stereocenters. The predicted molar refractivity (Wildman–Crippen MR) is 120 cm³/mol. The van der Waals surface area contributed by atoms with E-state index in [1.54, 1.807) is 12.1 Å². The zero-order valence-corrected chi connectivity index (χ0v) is 18.3. The van der Waals surface area contributed by atoms with E-state index < -0.39 is 28.3 Å². The molecule has 0 aliphatic heterocycles. The van der Waals surface area contributed by atoms with Gasteiger partial charge in [0.05, 0.1) is 10.6 Å². The monoisotopic (exact) mass is 440 g/mol. The number of aryl methyl sites for hydroxylation is 1. The van der Waals surface area contributed by atoms with Gasteiger partial charge in [0.15, 0.2) is 0 Å². The highest BCUT2D eigenvalue weighted by atomic mass is 32.2. The minimum atomic E-state index is -4.02. The molecule has 7 heteroatoms. The zero-order valence-electron chi connectivity index (χ0n) is 17.5. The van der Waals surface area contributed by atoms with Crippen LogP contribution in [0.25, 0.3) is 0 Å². The van der Waals surface area contributed by atoms with E-state index in [1.807, 2.05) is 44.2 Å². The summed E-state index contributed by atoms with van der Waals surface area (Å²) in [5.74, 6) is -0.863. The van der Waals surface area contributed by atoms with Gasteiger partial charge < -0.3 is 5.32 Å². The highest BCUT2D eigenvalue weighted by Gasteiger charge is 2.27. The summed E-state index contributed by atoms with van der Waals surface area (Å²) in [4.78, 5) is 12.7. The van der Waals surface area contributed by atoms with Gasteiger partial charge in [-0.3, -0.25) is 9.10 Å². The van der Waals surface area contributed by atoms with Crippen LogP contribution in [-0.2, 0) is 14.8 Å². The van der Waals surface area contributed by atoms with Gasteiger partial charge in [0.2, 0.25) is 5.91 Å². The summed E-state index contributed by atoms with van der Waals surface area (Å²) in [6.45, 7) is 3.79. The van der Waals surface area contributed by atoms with Crippen LogP contribution >= 0.6 is 0 Å². The van der Waals surface area contributed by atoms with Crippen LogP contribution in [0.3, 0.4) is 0 Å². The Balaban J connectivity index is 1.80. The molecule has 3 aromatic rings. The Bertz CT molecular complexity index is 1120. The van der Waals surface area contributed by atoms with Gasteiger partial charge in [0.1, 0.15) is 12.4 Å². The quantitative estimate of drug-likeness (QED) is 0.570. The fourth-order valence-electron chi connectivity index (χ4n) is 3.11. The van der Waals surface area contributed by atoms with Crippen LogP contribution in [0.5, 0.6) is 0 Å². The van der Waals surface area contributed by atoms with Gasteiger partial charge in [-0.25, -0.2) is 12.8 Å². The second kappa shape index (κ2) is 9.75. The molecule has 0 aliphatic rings. The van der Waals surface area contributed by atoms with Crippen molar-refractivity contribution in [3.8, 4) is 0 Å². The van der Waals surface area contributed by atoms with Crippen LogP contribution in [0.2, 0.25) is 0 Å². The van der Waals surface area contributed by atoms with E-state index in [9.17, 15) is 17.6 Å². The van der Waals surface area contributed by atoms with Crippen molar-refractivity contribution < 1.29 is 17.6 Å². The first-order valence-electron chi connectivity index (χ1n) is 9.94. The maximum absolute atomic E-state index is 13.4. The number of sulfonamides is 1. The van der Waals surface area contributed by atoms with E-state index in [-0.39, 0.29) is 16.5 Å². The molecule has 0 heterocycles. The first-order valence-corrected chi connectivity index (χ1v) is 11.4. The van der Waals surface area contributed by atoms with Crippen molar-refractivity contribution in [2.75, 3.05) is 17.4 Å². The van der Waals surface area contributed by atoms with Gasteiger partial charge in [0.25, 0.3) is 10.0 Å². The number of amides is 1. The van der Waals surface area contributed by atoms with Crippen molar-refractivity contribution in [3.05, 3.63) is 95.8 Å². The molecule has 3 rings (SSSR count). The Morgan fingerprint density at radius 2 is 1.58 bits per heavy atom. The Hall–Kier alpha value is -3.19. The predicted octanol–water partition coefficient (Wildman–Crippen LogP) is 4.25. The van der Waals surface area contributed by atoms with Crippen molar-refractivity contribution in [2.24, 2.45) is 0 Å². The molecule has 1 amide bonds. The fraction of sp³-hybridized carbons (Fsp3) is 0.208. The van der Waals surface area contributed by atoms with Crippen LogP contribution in [0.15, 0.2) is 83.8 Å².